The fourth-order valence-electron chi connectivity index (χ4n) is 2.71. The molecule has 132 valence electrons. The molecule has 1 unspecified atom stereocenters. The van der Waals surface area contributed by atoms with Crippen molar-refractivity contribution in [1.82, 2.24) is 15.5 Å². The Kier molecular flexibility index (Phi) is 6.43. The van der Waals surface area contributed by atoms with E-state index in [-0.39, 0.29) is 18.0 Å². The third kappa shape index (κ3) is 4.61. The Hall–Kier alpha value is -2.28. The Balaban J connectivity index is 2.01. The third-order valence-corrected chi connectivity index (χ3v) is 4.16. The maximum absolute atomic E-state index is 12.7. The van der Waals surface area contributed by atoms with E-state index in [1.54, 1.807) is 19.1 Å². The lowest BCUT2D eigenvalue weighted by Gasteiger charge is -2.36. The fourth-order valence-corrected chi connectivity index (χ4v) is 2.71. The number of hydrogen-bond acceptors (Lipinski definition) is 4. The molecule has 0 aliphatic carbocycles. The number of ether oxygens (including phenoxy) is 2. The van der Waals surface area contributed by atoms with Crippen LogP contribution in [-0.4, -0.2) is 63.3 Å². The molecule has 1 aromatic carbocycles. The van der Waals surface area contributed by atoms with Crippen LogP contribution >= 0.6 is 0 Å². The SMILES string of the molecule is CNC(=O)NCC1COCCN1C(=O)Cc1ccc(OC)cc1C. The summed E-state index contributed by atoms with van der Waals surface area (Å²) in [4.78, 5) is 25.9. The number of morpholine rings is 1. The molecule has 1 aliphatic rings. The Labute approximate surface area is 142 Å². The molecule has 1 aliphatic heterocycles. The van der Waals surface area contributed by atoms with Crippen molar-refractivity contribution in [2.75, 3.05) is 40.5 Å². The highest BCUT2D eigenvalue weighted by Gasteiger charge is 2.27. The molecule has 2 rings (SSSR count). The molecule has 0 radical (unpaired) electrons. The number of nitrogens with one attached hydrogen (secondary N) is 2. The minimum atomic E-state index is -0.265. The van der Waals surface area contributed by atoms with E-state index in [1.807, 2.05) is 25.1 Å². The van der Waals surface area contributed by atoms with Crippen LogP contribution in [0.1, 0.15) is 11.1 Å². The predicted octanol–water partition coefficient (Wildman–Crippen LogP) is 0.703. The number of amides is 3. The van der Waals surface area contributed by atoms with Gasteiger partial charge in [0, 0.05) is 20.1 Å². The molecule has 2 N–H and O–H groups in total. The Morgan fingerprint density at radius 2 is 2.21 bits per heavy atom. The largest absolute Gasteiger partial charge is 0.497 e. The van der Waals surface area contributed by atoms with E-state index in [9.17, 15) is 9.59 Å². The van der Waals surface area contributed by atoms with Crippen LogP contribution in [-0.2, 0) is 16.0 Å². The van der Waals surface area contributed by atoms with E-state index in [4.69, 9.17) is 9.47 Å². The van der Waals surface area contributed by atoms with Crippen LogP contribution in [0.5, 0.6) is 5.75 Å². The minimum absolute atomic E-state index is 0.0373. The Morgan fingerprint density at radius 1 is 1.42 bits per heavy atom. The first kappa shape index (κ1) is 18.1. The highest BCUT2D eigenvalue weighted by atomic mass is 16.5. The first-order chi connectivity index (χ1) is 11.5. The number of hydrogen-bond donors (Lipinski definition) is 2. The van der Waals surface area contributed by atoms with Gasteiger partial charge in [-0.3, -0.25) is 4.79 Å². The smallest absolute Gasteiger partial charge is 0.314 e. The first-order valence-corrected chi connectivity index (χ1v) is 8.01. The first-order valence-electron chi connectivity index (χ1n) is 8.01. The quantitative estimate of drug-likeness (QED) is 0.830. The van der Waals surface area contributed by atoms with E-state index in [0.717, 1.165) is 16.9 Å². The summed E-state index contributed by atoms with van der Waals surface area (Å²) in [5.74, 6) is 0.818. The number of carbonyl (C=O) groups excluding carboxylic acids is 2. The number of methoxy groups -OCH3 is 1. The monoisotopic (exact) mass is 335 g/mol. The van der Waals surface area contributed by atoms with E-state index >= 15 is 0 Å². The van der Waals surface area contributed by atoms with Crippen molar-refractivity contribution in [3.05, 3.63) is 29.3 Å². The zero-order valence-corrected chi connectivity index (χ0v) is 14.4. The second kappa shape index (κ2) is 8.54. The van der Waals surface area contributed by atoms with Crippen LogP contribution in [0.15, 0.2) is 18.2 Å². The Morgan fingerprint density at radius 3 is 2.88 bits per heavy atom. The molecule has 1 aromatic rings. The predicted molar refractivity (Wildman–Crippen MR) is 90.2 cm³/mol. The molecule has 7 nitrogen and oxygen atoms in total. The van der Waals surface area contributed by atoms with Gasteiger partial charge in [0.15, 0.2) is 0 Å². The van der Waals surface area contributed by atoms with Crippen molar-refractivity contribution in [2.24, 2.45) is 0 Å². The van der Waals surface area contributed by atoms with Gasteiger partial charge in [-0.25, -0.2) is 4.79 Å². The fraction of sp³-hybridized carbons (Fsp3) is 0.529. The summed E-state index contributed by atoms with van der Waals surface area (Å²) in [7, 11) is 3.18. The van der Waals surface area contributed by atoms with Gasteiger partial charge in [-0.1, -0.05) is 6.07 Å². The molecular formula is C17H25N3O4. The van der Waals surface area contributed by atoms with Gasteiger partial charge in [-0.2, -0.15) is 0 Å². The van der Waals surface area contributed by atoms with E-state index in [2.05, 4.69) is 10.6 Å². The molecule has 3 amide bonds. The lowest BCUT2D eigenvalue weighted by molar-refractivity contribution is -0.138. The van der Waals surface area contributed by atoms with Crippen molar-refractivity contribution >= 4 is 11.9 Å². The summed E-state index contributed by atoms with van der Waals surface area (Å²) in [6, 6.07) is 5.29. The van der Waals surface area contributed by atoms with Gasteiger partial charge in [0.2, 0.25) is 5.91 Å². The van der Waals surface area contributed by atoms with Crippen molar-refractivity contribution < 1.29 is 19.1 Å². The van der Waals surface area contributed by atoms with Gasteiger partial charge < -0.3 is 25.0 Å². The number of urea groups is 1. The normalized spacial score (nSPS) is 17.3. The molecule has 7 heteroatoms. The second-order valence-electron chi connectivity index (χ2n) is 5.75. The van der Waals surface area contributed by atoms with Crippen molar-refractivity contribution in [3.8, 4) is 5.75 Å². The lowest BCUT2D eigenvalue weighted by atomic mass is 10.0. The van der Waals surface area contributed by atoms with Crippen LogP contribution in [0, 0.1) is 6.92 Å². The van der Waals surface area contributed by atoms with E-state index in [0.29, 0.717) is 32.7 Å². The Bertz CT molecular complexity index is 591. The highest BCUT2D eigenvalue weighted by molar-refractivity contribution is 5.80. The number of aryl methyl sites for hydroxylation is 1. The summed E-state index contributed by atoms with van der Waals surface area (Å²) in [5.41, 5.74) is 2.00. The van der Waals surface area contributed by atoms with E-state index < -0.39 is 0 Å². The van der Waals surface area contributed by atoms with Crippen LogP contribution < -0.4 is 15.4 Å². The van der Waals surface area contributed by atoms with E-state index in [1.165, 1.54) is 0 Å². The number of rotatable bonds is 5. The number of benzene rings is 1. The van der Waals surface area contributed by atoms with Crippen LogP contribution in [0.2, 0.25) is 0 Å². The third-order valence-electron chi connectivity index (χ3n) is 4.16. The zero-order valence-electron chi connectivity index (χ0n) is 14.4. The van der Waals surface area contributed by atoms with Gasteiger partial charge in [-0.15, -0.1) is 0 Å². The lowest BCUT2D eigenvalue weighted by Crippen LogP contribution is -2.54. The van der Waals surface area contributed by atoms with Gasteiger partial charge in [0.05, 0.1) is 32.8 Å². The summed E-state index contributed by atoms with van der Waals surface area (Å²) in [6.07, 6.45) is 0.326. The van der Waals surface area contributed by atoms with Crippen molar-refractivity contribution in [2.45, 2.75) is 19.4 Å². The summed E-state index contributed by atoms with van der Waals surface area (Å²) in [6.45, 7) is 3.82. The molecule has 1 atom stereocenters. The number of nitrogens with zero attached hydrogens (tertiary/aromatic N) is 1. The second-order valence-corrected chi connectivity index (χ2v) is 5.75. The molecule has 0 saturated carbocycles. The van der Waals surface area contributed by atoms with Gasteiger partial charge in [0.1, 0.15) is 5.75 Å². The summed E-state index contributed by atoms with van der Waals surface area (Å²) < 4.78 is 10.6. The molecule has 0 bridgehead atoms. The molecule has 0 spiro atoms. The van der Waals surface area contributed by atoms with Gasteiger partial charge in [0.25, 0.3) is 0 Å². The molecule has 0 aromatic heterocycles. The highest BCUT2D eigenvalue weighted by Crippen LogP contribution is 2.19. The molecular weight excluding hydrogens is 310 g/mol. The molecule has 1 saturated heterocycles. The standard InChI is InChI=1S/C17H25N3O4/c1-12-8-15(23-3)5-4-13(12)9-16(21)20-6-7-24-11-14(20)10-19-17(22)18-2/h4-5,8,14H,6-7,9-11H2,1-3H3,(H2,18,19,22). The molecule has 1 heterocycles. The molecule has 1 fully saturated rings. The van der Waals surface area contributed by atoms with Gasteiger partial charge in [-0.05, 0) is 30.2 Å². The number of carbonyl (C=O) groups is 2. The average molecular weight is 335 g/mol. The maximum Gasteiger partial charge on any atom is 0.314 e. The maximum atomic E-state index is 12.7. The van der Waals surface area contributed by atoms with Crippen LogP contribution in [0.4, 0.5) is 4.79 Å². The van der Waals surface area contributed by atoms with Crippen molar-refractivity contribution in [1.29, 1.82) is 0 Å². The summed E-state index contributed by atoms with van der Waals surface area (Å²) >= 11 is 0. The molecule has 24 heavy (non-hydrogen) atoms. The van der Waals surface area contributed by atoms with Crippen molar-refractivity contribution in [3.63, 3.8) is 0 Å². The minimum Gasteiger partial charge on any atom is -0.497 e. The average Bonchev–Trinajstić information content (AvgIpc) is 2.61. The summed E-state index contributed by atoms with van der Waals surface area (Å²) in [5, 5.41) is 5.24. The van der Waals surface area contributed by atoms with Gasteiger partial charge >= 0.3 is 6.03 Å². The topological polar surface area (TPSA) is 79.9 Å². The van der Waals surface area contributed by atoms with Crippen LogP contribution in [0.3, 0.4) is 0 Å². The zero-order chi connectivity index (χ0) is 17.5. The van der Waals surface area contributed by atoms with Crippen LogP contribution in [0.25, 0.3) is 0 Å².